The fraction of sp³-hybridized carbons (Fsp3) is 0.333. The van der Waals surface area contributed by atoms with Crippen molar-refractivity contribution >= 4 is 10.8 Å². The summed E-state index contributed by atoms with van der Waals surface area (Å²) in [6, 6.07) is 12.9. The van der Waals surface area contributed by atoms with E-state index < -0.39 is 0 Å². The molecular formula is C15H20. The van der Waals surface area contributed by atoms with Gasteiger partial charge in [-0.25, -0.2) is 0 Å². The van der Waals surface area contributed by atoms with E-state index in [1.165, 1.54) is 28.3 Å². The highest BCUT2D eigenvalue weighted by molar-refractivity contribution is 5.88. The minimum atomic E-state index is 1.25. The summed E-state index contributed by atoms with van der Waals surface area (Å²) >= 11 is 0. The van der Waals surface area contributed by atoms with Crippen molar-refractivity contribution in [2.45, 2.75) is 34.1 Å². The van der Waals surface area contributed by atoms with Crippen molar-refractivity contribution in [3.05, 3.63) is 47.5 Å². The van der Waals surface area contributed by atoms with E-state index in [1.54, 1.807) is 0 Å². The van der Waals surface area contributed by atoms with Gasteiger partial charge in [0.05, 0.1) is 0 Å². The highest BCUT2D eigenvalue weighted by Gasteiger charge is 1.96. The molecule has 0 aromatic heterocycles. The summed E-state index contributed by atoms with van der Waals surface area (Å²) in [5, 5.41) is 2.75. The van der Waals surface area contributed by atoms with Crippen LogP contribution in [0.4, 0.5) is 0 Å². The van der Waals surface area contributed by atoms with Gasteiger partial charge in [-0.2, -0.15) is 0 Å². The van der Waals surface area contributed by atoms with Crippen LogP contribution in [0.3, 0.4) is 0 Å². The van der Waals surface area contributed by atoms with Gasteiger partial charge in [0.25, 0.3) is 0 Å². The first kappa shape index (κ1) is 11.8. The van der Waals surface area contributed by atoms with Gasteiger partial charge >= 0.3 is 0 Å². The molecular weight excluding hydrogens is 180 g/mol. The third-order valence-corrected chi connectivity index (χ3v) is 2.36. The predicted octanol–water partition coefficient (Wildman–Crippen LogP) is 4.87. The van der Waals surface area contributed by atoms with Crippen LogP contribution in [-0.4, -0.2) is 0 Å². The number of benzene rings is 2. The van der Waals surface area contributed by atoms with E-state index in [1.807, 2.05) is 0 Å². The lowest BCUT2D eigenvalue weighted by molar-refractivity contribution is 1.09. The van der Waals surface area contributed by atoms with Crippen molar-refractivity contribution in [3.63, 3.8) is 0 Å². The molecule has 0 amide bonds. The Bertz CT molecular complexity index is 386. The normalized spacial score (nSPS) is 9.60. The molecule has 0 atom stereocenters. The zero-order chi connectivity index (χ0) is 11.3. The van der Waals surface area contributed by atoms with Gasteiger partial charge in [-0.15, -0.1) is 0 Å². The highest BCUT2D eigenvalue weighted by Crippen LogP contribution is 2.20. The topological polar surface area (TPSA) is 0 Å². The molecule has 0 radical (unpaired) electrons. The van der Waals surface area contributed by atoms with Crippen LogP contribution in [0.2, 0.25) is 0 Å². The Morgan fingerprint density at radius 3 is 1.40 bits per heavy atom. The van der Waals surface area contributed by atoms with E-state index in [0.717, 1.165) is 0 Å². The van der Waals surface area contributed by atoms with Crippen LogP contribution < -0.4 is 0 Å². The van der Waals surface area contributed by atoms with Crippen LogP contribution in [0.15, 0.2) is 36.4 Å². The minimum absolute atomic E-state index is 1.25. The summed E-state index contributed by atoms with van der Waals surface area (Å²) in [5.74, 6) is 0. The van der Waals surface area contributed by atoms with Crippen molar-refractivity contribution in [1.82, 2.24) is 0 Å². The van der Waals surface area contributed by atoms with Crippen LogP contribution >= 0.6 is 0 Å². The lowest BCUT2D eigenvalue weighted by Crippen LogP contribution is -1.80. The van der Waals surface area contributed by atoms with Crippen LogP contribution in [-0.2, 0) is 0 Å². The van der Waals surface area contributed by atoms with Gasteiger partial charge in [0.15, 0.2) is 0 Å². The Hall–Kier alpha value is -1.30. The Labute approximate surface area is 92.9 Å². The second kappa shape index (κ2) is 5.55. The molecule has 80 valence electrons. The van der Waals surface area contributed by atoms with Crippen LogP contribution in [0.25, 0.3) is 10.8 Å². The maximum Gasteiger partial charge on any atom is -0.0152 e. The molecule has 0 heteroatoms. The van der Waals surface area contributed by atoms with Gasteiger partial charge in [0.2, 0.25) is 0 Å². The van der Waals surface area contributed by atoms with Crippen molar-refractivity contribution in [3.8, 4) is 0 Å². The summed E-state index contributed by atoms with van der Waals surface area (Å²) in [7, 11) is 0. The quantitative estimate of drug-likeness (QED) is 0.569. The molecule has 2 rings (SSSR count). The molecule has 0 bridgehead atoms. The first-order valence-electron chi connectivity index (χ1n) is 5.65. The number of hydrogen-bond donors (Lipinski definition) is 0. The number of fused-ring (bicyclic) bond motifs is 1. The standard InChI is InChI=1S/C12H12.C3H8/c1-9-5-3-8-12-10(2)6-4-7-11(9)12;1-3-2/h3-8H,1-2H3;3H2,1-2H3. The summed E-state index contributed by atoms with van der Waals surface area (Å²) < 4.78 is 0. The molecule has 0 saturated heterocycles. The van der Waals surface area contributed by atoms with Crippen LogP contribution in [0, 0.1) is 13.8 Å². The number of hydrogen-bond acceptors (Lipinski definition) is 0. The van der Waals surface area contributed by atoms with Gasteiger partial charge in [0, 0.05) is 0 Å². The first-order chi connectivity index (χ1) is 7.20. The summed E-state index contributed by atoms with van der Waals surface area (Å²) in [5.41, 5.74) is 2.72. The van der Waals surface area contributed by atoms with E-state index in [0.29, 0.717) is 0 Å². The van der Waals surface area contributed by atoms with E-state index in [-0.39, 0.29) is 0 Å². The Morgan fingerprint density at radius 1 is 0.733 bits per heavy atom. The molecule has 15 heavy (non-hydrogen) atoms. The Balaban J connectivity index is 0.000000337. The van der Waals surface area contributed by atoms with E-state index in [9.17, 15) is 0 Å². The molecule has 2 aromatic carbocycles. The zero-order valence-corrected chi connectivity index (χ0v) is 10.2. The van der Waals surface area contributed by atoms with E-state index in [4.69, 9.17) is 0 Å². The molecule has 0 aliphatic carbocycles. The van der Waals surface area contributed by atoms with Gasteiger partial charge in [0.1, 0.15) is 0 Å². The van der Waals surface area contributed by atoms with E-state index in [2.05, 4.69) is 64.1 Å². The van der Waals surface area contributed by atoms with Crippen molar-refractivity contribution in [2.75, 3.05) is 0 Å². The molecule has 2 aromatic rings. The van der Waals surface area contributed by atoms with Gasteiger partial charge in [-0.3, -0.25) is 0 Å². The molecule has 0 aliphatic rings. The number of rotatable bonds is 0. The fourth-order valence-electron chi connectivity index (χ4n) is 1.62. The zero-order valence-electron chi connectivity index (χ0n) is 10.2. The molecule has 0 spiro atoms. The first-order valence-corrected chi connectivity index (χ1v) is 5.65. The lowest BCUT2D eigenvalue weighted by atomic mass is 10.0. The Kier molecular flexibility index (Phi) is 4.36. The average Bonchev–Trinajstić information content (AvgIpc) is 2.21. The third-order valence-electron chi connectivity index (χ3n) is 2.36. The molecule has 0 N–H and O–H groups in total. The lowest BCUT2D eigenvalue weighted by Gasteiger charge is -2.03. The van der Waals surface area contributed by atoms with Crippen molar-refractivity contribution in [1.29, 1.82) is 0 Å². The van der Waals surface area contributed by atoms with Gasteiger partial charge in [-0.05, 0) is 35.7 Å². The molecule has 0 saturated carbocycles. The Morgan fingerprint density at radius 2 is 1.07 bits per heavy atom. The molecule has 0 aliphatic heterocycles. The summed E-state index contributed by atoms with van der Waals surface area (Å²) in [4.78, 5) is 0. The highest BCUT2D eigenvalue weighted by atomic mass is 14.0. The maximum atomic E-state index is 2.18. The van der Waals surface area contributed by atoms with E-state index >= 15 is 0 Å². The summed E-state index contributed by atoms with van der Waals surface area (Å²) in [6.07, 6.45) is 1.25. The largest absolute Gasteiger partial charge is 0.0656 e. The van der Waals surface area contributed by atoms with Gasteiger partial charge < -0.3 is 0 Å². The maximum absolute atomic E-state index is 2.18. The average molecular weight is 200 g/mol. The summed E-state index contributed by atoms with van der Waals surface area (Å²) in [6.45, 7) is 8.56. The fourth-order valence-corrected chi connectivity index (χ4v) is 1.62. The predicted molar refractivity (Wildman–Crippen MR) is 69.4 cm³/mol. The minimum Gasteiger partial charge on any atom is -0.0656 e. The van der Waals surface area contributed by atoms with Crippen LogP contribution in [0.1, 0.15) is 31.4 Å². The second-order valence-corrected chi connectivity index (χ2v) is 3.95. The number of aryl methyl sites for hydroxylation is 2. The second-order valence-electron chi connectivity index (χ2n) is 3.95. The molecule has 0 nitrogen and oxygen atoms in total. The molecule has 0 heterocycles. The molecule has 0 fully saturated rings. The monoisotopic (exact) mass is 200 g/mol. The van der Waals surface area contributed by atoms with Crippen molar-refractivity contribution < 1.29 is 0 Å². The van der Waals surface area contributed by atoms with Crippen LogP contribution in [0.5, 0.6) is 0 Å². The smallest absolute Gasteiger partial charge is 0.0152 e. The van der Waals surface area contributed by atoms with Crippen molar-refractivity contribution in [2.24, 2.45) is 0 Å². The van der Waals surface area contributed by atoms with Gasteiger partial charge in [-0.1, -0.05) is 56.7 Å². The molecule has 0 unspecified atom stereocenters. The third kappa shape index (κ3) is 2.82. The SMILES string of the molecule is CCC.Cc1cccc2c(C)cccc12.